The van der Waals surface area contributed by atoms with Crippen LogP contribution >= 0.6 is 0 Å². The number of hydrogen-bond acceptors (Lipinski definition) is 7. The molecule has 9 heteroatoms. The molecule has 2 atom stereocenters. The Kier molecular flexibility index (Phi) is 6.14. The van der Waals surface area contributed by atoms with Crippen LogP contribution in [0.5, 0.6) is 0 Å². The number of aliphatic carboxylic acids is 1. The summed E-state index contributed by atoms with van der Waals surface area (Å²) in [6.45, 7) is 1.93. The van der Waals surface area contributed by atoms with Gasteiger partial charge < -0.3 is 21.9 Å². The van der Waals surface area contributed by atoms with Gasteiger partial charge in [-0.3, -0.25) is 4.79 Å². The van der Waals surface area contributed by atoms with Gasteiger partial charge in [0.05, 0.1) is 6.04 Å². The molecule has 6 N–H and O–H groups in total. The average Bonchev–Trinajstić information content (AvgIpc) is 2.79. The van der Waals surface area contributed by atoms with Gasteiger partial charge in [0.1, 0.15) is 11.9 Å². The van der Waals surface area contributed by atoms with Crippen LogP contribution in [-0.4, -0.2) is 32.1 Å². The summed E-state index contributed by atoms with van der Waals surface area (Å²) >= 11 is 0. The first-order valence-electron chi connectivity index (χ1n) is 10.3. The lowest BCUT2D eigenvalue weighted by Crippen LogP contribution is -2.32. The van der Waals surface area contributed by atoms with Crippen molar-refractivity contribution in [2.75, 3.05) is 11.1 Å². The van der Waals surface area contributed by atoms with Gasteiger partial charge in [-0.1, -0.05) is 54.6 Å². The van der Waals surface area contributed by atoms with Gasteiger partial charge in [0, 0.05) is 10.9 Å². The SMILES string of the molecule is CC(Nc1nc(N)nc(-c2ccc(C[C@H](N)C(=O)O)cc2)n1)c1ccc(F)c2ccccc12. The van der Waals surface area contributed by atoms with Crippen molar-refractivity contribution < 1.29 is 14.3 Å². The minimum atomic E-state index is -1.05. The van der Waals surface area contributed by atoms with E-state index in [1.165, 1.54) is 6.07 Å². The van der Waals surface area contributed by atoms with Crippen molar-refractivity contribution in [1.29, 1.82) is 0 Å². The number of fused-ring (bicyclic) bond motifs is 1. The number of rotatable bonds is 7. The van der Waals surface area contributed by atoms with Crippen LogP contribution in [0.25, 0.3) is 22.2 Å². The number of anilines is 2. The number of nitrogens with one attached hydrogen (secondary N) is 1. The molecule has 1 heterocycles. The lowest BCUT2D eigenvalue weighted by molar-refractivity contribution is -0.138. The Hall–Kier alpha value is -4.11. The number of carboxylic acids is 1. The van der Waals surface area contributed by atoms with Crippen LogP contribution in [-0.2, 0) is 11.2 Å². The number of nitrogen functional groups attached to an aromatic ring is 1. The predicted molar refractivity (Wildman–Crippen MR) is 125 cm³/mol. The molecule has 0 amide bonds. The molecular formula is C24H23FN6O2. The maximum absolute atomic E-state index is 14.2. The van der Waals surface area contributed by atoms with Gasteiger partial charge in [0.25, 0.3) is 0 Å². The van der Waals surface area contributed by atoms with E-state index in [9.17, 15) is 9.18 Å². The van der Waals surface area contributed by atoms with Gasteiger partial charge in [0.15, 0.2) is 5.82 Å². The molecule has 4 aromatic rings. The number of hydrogen-bond donors (Lipinski definition) is 4. The van der Waals surface area contributed by atoms with Crippen molar-refractivity contribution in [1.82, 2.24) is 15.0 Å². The highest BCUT2D eigenvalue weighted by molar-refractivity contribution is 5.87. The predicted octanol–water partition coefficient (Wildman–Crippen LogP) is 3.54. The first-order chi connectivity index (χ1) is 15.8. The van der Waals surface area contributed by atoms with Crippen molar-refractivity contribution in [2.24, 2.45) is 5.73 Å². The third-order valence-electron chi connectivity index (χ3n) is 5.35. The molecule has 168 valence electrons. The summed E-state index contributed by atoms with van der Waals surface area (Å²) in [5.41, 5.74) is 13.9. The highest BCUT2D eigenvalue weighted by Gasteiger charge is 2.15. The zero-order valence-corrected chi connectivity index (χ0v) is 17.9. The molecule has 33 heavy (non-hydrogen) atoms. The molecule has 1 unspecified atom stereocenters. The Morgan fingerprint density at radius 2 is 1.73 bits per heavy atom. The molecule has 8 nitrogen and oxygen atoms in total. The fraction of sp³-hybridized carbons (Fsp3) is 0.167. The van der Waals surface area contributed by atoms with E-state index in [0.717, 1.165) is 16.5 Å². The van der Waals surface area contributed by atoms with E-state index < -0.39 is 12.0 Å². The van der Waals surface area contributed by atoms with E-state index in [2.05, 4.69) is 20.3 Å². The Balaban J connectivity index is 1.58. The standard InChI is InChI=1S/C24H23FN6O2/c1-13(16-10-11-19(25)18-5-3-2-4-17(16)18)28-24-30-21(29-23(27)31-24)15-8-6-14(7-9-15)12-20(26)22(32)33/h2-11,13,20H,12,26H2,1H3,(H,32,33)(H3,27,28,29,30,31)/t13?,20-/m0/s1. The molecule has 3 aromatic carbocycles. The van der Waals surface area contributed by atoms with E-state index in [0.29, 0.717) is 16.8 Å². The monoisotopic (exact) mass is 446 g/mol. The van der Waals surface area contributed by atoms with E-state index in [-0.39, 0.29) is 30.2 Å². The zero-order chi connectivity index (χ0) is 23.5. The van der Waals surface area contributed by atoms with Crippen molar-refractivity contribution in [3.05, 3.63) is 77.6 Å². The lowest BCUT2D eigenvalue weighted by atomic mass is 9.99. The van der Waals surface area contributed by atoms with Gasteiger partial charge in [-0.15, -0.1) is 0 Å². The number of nitrogens with two attached hydrogens (primary N) is 2. The fourth-order valence-electron chi connectivity index (χ4n) is 3.65. The van der Waals surface area contributed by atoms with Gasteiger partial charge >= 0.3 is 5.97 Å². The number of halogens is 1. The second-order valence-electron chi connectivity index (χ2n) is 7.73. The van der Waals surface area contributed by atoms with Crippen LogP contribution in [0.2, 0.25) is 0 Å². The van der Waals surface area contributed by atoms with Gasteiger partial charge in [-0.05, 0) is 35.9 Å². The summed E-state index contributed by atoms with van der Waals surface area (Å²) in [5.74, 6) is -0.620. The molecule has 0 saturated carbocycles. The van der Waals surface area contributed by atoms with Crippen LogP contribution in [0.3, 0.4) is 0 Å². The minimum absolute atomic E-state index is 0.0515. The maximum Gasteiger partial charge on any atom is 0.320 e. The summed E-state index contributed by atoms with van der Waals surface area (Å²) in [4.78, 5) is 23.8. The smallest absolute Gasteiger partial charge is 0.320 e. The third-order valence-corrected chi connectivity index (χ3v) is 5.35. The molecule has 0 aliphatic rings. The molecular weight excluding hydrogens is 423 g/mol. The summed E-state index contributed by atoms with van der Waals surface area (Å²) in [6.07, 6.45) is 0.213. The number of benzene rings is 3. The molecule has 0 radical (unpaired) electrons. The summed E-state index contributed by atoms with van der Waals surface area (Å²) in [5, 5.41) is 13.5. The number of carbonyl (C=O) groups is 1. The first kappa shape index (κ1) is 22.1. The lowest BCUT2D eigenvalue weighted by Gasteiger charge is -2.17. The van der Waals surface area contributed by atoms with E-state index >= 15 is 0 Å². The molecule has 0 fully saturated rings. The first-order valence-corrected chi connectivity index (χ1v) is 10.3. The molecule has 0 aliphatic heterocycles. The Morgan fingerprint density at radius 1 is 1.03 bits per heavy atom. The van der Waals surface area contributed by atoms with E-state index in [1.807, 2.05) is 19.1 Å². The van der Waals surface area contributed by atoms with E-state index in [4.69, 9.17) is 16.6 Å². The quantitative estimate of drug-likeness (QED) is 0.338. The van der Waals surface area contributed by atoms with Crippen molar-refractivity contribution in [2.45, 2.75) is 25.4 Å². The second-order valence-corrected chi connectivity index (χ2v) is 7.73. The van der Waals surface area contributed by atoms with Crippen LogP contribution < -0.4 is 16.8 Å². The molecule has 1 aromatic heterocycles. The van der Waals surface area contributed by atoms with Gasteiger partial charge in [0.2, 0.25) is 11.9 Å². The molecule has 0 saturated heterocycles. The number of carboxylic acid groups (broad SMARTS) is 1. The third kappa shape index (κ3) is 4.88. The van der Waals surface area contributed by atoms with Crippen LogP contribution in [0.15, 0.2) is 60.7 Å². The molecule has 4 rings (SSSR count). The molecule has 0 bridgehead atoms. The Bertz CT molecular complexity index is 1310. The second kappa shape index (κ2) is 9.17. The van der Waals surface area contributed by atoms with Gasteiger partial charge in [-0.2, -0.15) is 15.0 Å². The molecule has 0 aliphatic carbocycles. The van der Waals surface area contributed by atoms with Crippen LogP contribution in [0.1, 0.15) is 24.1 Å². The van der Waals surface area contributed by atoms with E-state index in [1.54, 1.807) is 42.5 Å². The Labute approximate surface area is 189 Å². The number of aromatic nitrogens is 3. The summed E-state index contributed by atoms with van der Waals surface area (Å²) in [6, 6.07) is 16.4. The highest BCUT2D eigenvalue weighted by atomic mass is 19.1. The molecule has 0 spiro atoms. The Morgan fingerprint density at radius 3 is 2.42 bits per heavy atom. The van der Waals surface area contributed by atoms with Crippen LogP contribution in [0.4, 0.5) is 16.3 Å². The normalized spacial score (nSPS) is 12.9. The minimum Gasteiger partial charge on any atom is -0.480 e. The topological polar surface area (TPSA) is 140 Å². The summed E-state index contributed by atoms with van der Waals surface area (Å²) < 4.78 is 14.2. The summed E-state index contributed by atoms with van der Waals surface area (Å²) in [7, 11) is 0. The van der Waals surface area contributed by atoms with Crippen LogP contribution in [0, 0.1) is 5.82 Å². The van der Waals surface area contributed by atoms with Crippen molar-refractivity contribution in [3.8, 4) is 11.4 Å². The number of nitrogens with zero attached hydrogens (tertiary/aromatic N) is 3. The highest BCUT2D eigenvalue weighted by Crippen LogP contribution is 2.28. The van der Waals surface area contributed by atoms with Gasteiger partial charge in [-0.25, -0.2) is 4.39 Å². The average molecular weight is 446 g/mol. The zero-order valence-electron chi connectivity index (χ0n) is 17.9. The van der Waals surface area contributed by atoms with Crippen molar-refractivity contribution >= 4 is 28.6 Å². The largest absolute Gasteiger partial charge is 0.480 e. The maximum atomic E-state index is 14.2. The van der Waals surface area contributed by atoms with Crippen molar-refractivity contribution in [3.63, 3.8) is 0 Å². The fourth-order valence-corrected chi connectivity index (χ4v) is 3.65.